The molecule has 0 fully saturated rings. The van der Waals surface area contributed by atoms with Gasteiger partial charge in [0.05, 0.1) is 17.8 Å². The van der Waals surface area contributed by atoms with Crippen LogP contribution in [0.2, 0.25) is 0 Å². The zero-order chi connectivity index (χ0) is 21.2. The SMILES string of the molecule is C=CN(CCNC(=O)c1ccc(-n2cccn2)c(C#Cc2ccccc2)c1)/N=C\C. The van der Waals surface area contributed by atoms with Crippen LogP contribution in [-0.4, -0.2) is 40.0 Å². The highest BCUT2D eigenvalue weighted by Crippen LogP contribution is 2.16. The lowest BCUT2D eigenvalue weighted by molar-refractivity contribution is 0.0951. The van der Waals surface area contributed by atoms with Gasteiger partial charge in [0.15, 0.2) is 0 Å². The van der Waals surface area contributed by atoms with Crippen molar-refractivity contribution in [3.8, 4) is 17.5 Å². The number of carbonyl (C=O) groups excluding carboxylic acids is 1. The van der Waals surface area contributed by atoms with Crippen LogP contribution in [0.5, 0.6) is 0 Å². The minimum atomic E-state index is -0.172. The molecule has 30 heavy (non-hydrogen) atoms. The molecule has 0 saturated carbocycles. The van der Waals surface area contributed by atoms with Crippen LogP contribution >= 0.6 is 0 Å². The first kappa shape index (κ1) is 20.6. The second kappa shape index (κ2) is 10.4. The highest BCUT2D eigenvalue weighted by molar-refractivity contribution is 5.95. The van der Waals surface area contributed by atoms with E-state index in [9.17, 15) is 4.79 Å². The van der Waals surface area contributed by atoms with Crippen molar-refractivity contribution in [1.82, 2.24) is 20.1 Å². The molecule has 0 aliphatic rings. The fourth-order valence-corrected chi connectivity index (χ4v) is 2.78. The summed E-state index contributed by atoms with van der Waals surface area (Å²) < 4.78 is 1.74. The van der Waals surface area contributed by atoms with Gasteiger partial charge in [-0.05, 0) is 43.3 Å². The highest BCUT2D eigenvalue weighted by atomic mass is 16.1. The smallest absolute Gasteiger partial charge is 0.251 e. The van der Waals surface area contributed by atoms with Crippen LogP contribution in [-0.2, 0) is 0 Å². The van der Waals surface area contributed by atoms with E-state index >= 15 is 0 Å². The molecule has 6 nitrogen and oxygen atoms in total. The third-order valence-electron chi connectivity index (χ3n) is 4.23. The van der Waals surface area contributed by atoms with Gasteiger partial charge in [-0.2, -0.15) is 10.2 Å². The fourth-order valence-electron chi connectivity index (χ4n) is 2.78. The van der Waals surface area contributed by atoms with Crippen LogP contribution in [0.25, 0.3) is 5.69 Å². The summed E-state index contributed by atoms with van der Waals surface area (Å²) in [5.74, 6) is 6.16. The fraction of sp³-hybridized carbons (Fsp3) is 0.125. The number of carbonyl (C=O) groups is 1. The number of benzene rings is 2. The first-order valence-electron chi connectivity index (χ1n) is 9.58. The second-order valence-electron chi connectivity index (χ2n) is 6.27. The summed E-state index contributed by atoms with van der Waals surface area (Å²) in [6, 6.07) is 17.0. The lowest BCUT2D eigenvalue weighted by Gasteiger charge is -2.14. The quantitative estimate of drug-likeness (QED) is 0.377. The number of nitrogens with zero attached hydrogens (tertiary/aromatic N) is 4. The van der Waals surface area contributed by atoms with E-state index in [1.807, 2.05) is 55.6 Å². The van der Waals surface area contributed by atoms with Crippen molar-refractivity contribution >= 4 is 12.1 Å². The molecule has 150 valence electrons. The van der Waals surface area contributed by atoms with Crippen LogP contribution < -0.4 is 5.32 Å². The Bertz CT molecular complexity index is 1080. The Kier molecular flexibility index (Phi) is 7.17. The number of amides is 1. The van der Waals surface area contributed by atoms with E-state index in [2.05, 4.69) is 33.9 Å². The van der Waals surface area contributed by atoms with Crippen molar-refractivity contribution in [1.29, 1.82) is 0 Å². The third-order valence-corrected chi connectivity index (χ3v) is 4.23. The molecule has 0 radical (unpaired) electrons. The third kappa shape index (κ3) is 5.46. The van der Waals surface area contributed by atoms with E-state index in [1.165, 1.54) is 0 Å². The molecule has 0 aliphatic heterocycles. The summed E-state index contributed by atoms with van der Waals surface area (Å²) in [5.41, 5.74) is 2.97. The van der Waals surface area contributed by atoms with Crippen LogP contribution in [0.4, 0.5) is 0 Å². The number of hydrogen-bond donors (Lipinski definition) is 1. The molecule has 3 aromatic rings. The molecule has 1 N–H and O–H groups in total. The van der Waals surface area contributed by atoms with Crippen molar-refractivity contribution in [2.24, 2.45) is 5.10 Å². The molecule has 0 saturated heterocycles. The van der Waals surface area contributed by atoms with E-state index in [4.69, 9.17) is 0 Å². The first-order chi connectivity index (χ1) is 14.7. The minimum absolute atomic E-state index is 0.172. The van der Waals surface area contributed by atoms with Gasteiger partial charge in [0, 0.05) is 42.5 Å². The van der Waals surface area contributed by atoms with Gasteiger partial charge in [-0.3, -0.25) is 9.80 Å². The standard InChI is InChI=1S/C24H23N5O/c1-3-26-28(4-2)18-16-25-24(30)22-13-14-23(29-17-8-15-27-29)21(19-22)12-11-20-9-6-5-7-10-20/h3-10,13-15,17,19H,2,16,18H2,1H3,(H,25,30)/b26-3-. The molecule has 2 aromatic carbocycles. The predicted octanol–water partition coefficient (Wildman–Crippen LogP) is 3.45. The van der Waals surface area contributed by atoms with Crippen LogP contribution in [0, 0.1) is 11.8 Å². The summed E-state index contributed by atoms with van der Waals surface area (Å²) in [5, 5.41) is 13.0. The Morgan fingerprint density at radius 1 is 1.23 bits per heavy atom. The zero-order valence-corrected chi connectivity index (χ0v) is 16.8. The topological polar surface area (TPSA) is 62.5 Å². The second-order valence-corrected chi connectivity index (χ2v) is 6.27. The molecule has 0 atom stereocenters. The van der Waals surface area contributed by atoms with Crippen LogP contribution in [0.3, 0.4) is 0 Å². The predicted molar refractivity (Wildman–Crippen MR) is 119 cm³/mol. The van der Waals surface area contributed by atoms with Gasteiger partial charge >= 0.3 is 0 Å². The maximum Gasteiger partial charge on any atom is 0.251 e. The number of hydrazone groups is 1. The number of hydrogen-bond acceptors (Lipinski definition) is 4. The Morgan fingerprint density at radius 2 is 2.07 bits per heavy atom. The van der Waals surface area contributed by atoms with Crippen molar-refractivity contribution in [3.63, 3.8) is 0 Å². The lowest BCUT2D eigenvalue weighted by atomic mass is 10.1. The molecule has 1 heterocycles. The summed E-state index contributed by atoms with van der Waals surface area (Å²) >= 11 is 0. The molecular weight excluding hydrogens is 374 g/mol. The molecular formula is C24H23N5O. The summed E-state index contributed by atoms with van der Waals surface area (Å²) in [4.78, 5) is 12.6. The van der Waals surface area contributed by atoms with Crippen molar-refractivity contribution in [2.75, 3.05) is 13.1 Å². The molecule has 0 spiro atoms. The van der Waals surface area contributed by atoms with E-state index < -0.39 is 0 Å². The van der Waals surface area contributed by atoms with Gasteiger partial charge in [-0.25, -0.2) is 4.68 Å². The molecule has 6 heteroatoms. The molecule has 3 rings (SSSR count). The molecule has 0 unspecified atom stereocenters. The lowest BCUT2D eigenvalue weighted by Crippen LogP contribution is -2.30. The summed E-state index contributed by atoms with van der Waals surface area (Å²) in [6.07, 6.45) is 6.84. The van der Waals surface area contributed by atoms with Gasteiger partial charge in [-0.15, -0.1) is 0 Å². The first-order valence-corrected chi connectivity index (χ1v) is 9.58. The highest BCUT2D eigenvalue weighted by Gasteiger charge is 2.10. The molecule has 1 aromatic heterocycles. The Balaban J connectivity index is 1.82. The van der Waals surface area contributed by atoms with Crippen LogP contribution in [0.1, 0.15) is 28.4 Å². The normalized spacial score (nSPS) is 10.3. The number of aromatic nitrogens is 2. The maximum absolute atomic E-state index is 12.6. The number of nitrogens with one attached hydrogen (secondary N) is 1. The van der Waals surface area contributed by atoms with Gasteiger partial charge < -0.3 is 5.32 Å². The Hall–Kier alpha value is -4.11. The monoisotopic (exact) mass is 397 g/mol. The van der Waals surface area contributed by atoms with Gasteiger partial charge in [0.2, 0.25) is 0 Å². The van der Waals surface area contributed by atoms with Gasteiger partial charge in [0.1, 0.15) is 0 Å². The van der Waals surface area contributed by atoms with E-state index in [-0.39, 0.29) is 5.91 Å². The maximum atomic E-state index is 12.6. The van der Waals surface area contributed by atoms with Gasteiger partial charge in [-0.1, -0.05) is 36.6 Å². The van der Waals surface area contributed by atoms with E-state index in [0.717, 1.165) is 16.8 Å². The zero-order valence-electron chi connectivity index (χ0n) is 16.8. The van der Waals surface area contributed by atoms with Crippen LogP contribution in [0.15, 0.2) is 84.9 Å². The van der Waals surface area contributed by atoms with E-state index in [1.54, 1.807) is 40.4 Å². The molecule has 0 aliphatic carbocycles. The minimum Gasteiger partial charge on any atom is -0.350 e. The molecule has 0 bridgehead atoms. The van der Waals surface area contributed by atoms with Crippen molar-refractivity contribution < 1.29 is 4.79 Å². The molecule has 1 amide bonds. The average Bonchev–Trinajstić information content (AvgIpc) is 3.32. The largest absolute Gasteiger partial charge is 0.350 e. The number of rotatable bonds is 7. The average molecular weight is 397 g/mol. The van der Waals surface area contributed by atoms with Crippen molar-refractivity contribution in [2.45, 2.75) is 6.92 Å². The van der Waals surface area contributed by atoms with E-state index in [0.29, 0.717) is 18.7 Å². The summed E-state index contributed by atoms with van der Waals surface area (Å²) in [6.45, 7) is 6.50. The van der Waals surface area contributed by atoms with Gasteiger partial charge in [0.25, 0.3) is 5.91 Å². The Morgan fingerprint density at radius 3 is 2.77 bits per heavy atom. The summed E-state index contributed by atoms with van der Waals surface area (Å²) in [7, 11) is 0. The Labute approximate surface area is 176 Å². The van der Waals surface area contributed by atoms with Crippen molar-refractivity contribution in [3.05, 3.63) is 96.5 Å².